The molecule has 6 nitrogen and oxygen atoms in total. The van der Waals surface area contributed by atoms with Gasteiger partial charge in [-0.2, -0.15) is 0 Å². The molecule has 0 fully saturated rings. The number of hydrogen-bond acceptors (Lipinski definition) is 5. The van der Waals surface area contributed by atoms with Crippen LogP contribution in [0.1, 0.15) is 18.3 Å². The van der Waals surface area contributed by atoms with Crippen molar-refractivity contribution < 1.29 is 14.3 Å². The topological polar surface area (TPSA) is 63.9 Å². The monoisotopic (exact) mass is 309 g/mol. The summed E-state index contributed by atoms with van der Waals surface area (Å²) >= 11 is 1.52. The van der Waals surface area contributed by atoms with Crippen LogP contribution in [0.25, 0.3) is 4.96 Å². The van der Waals surface area contributed by atoms with Gasteiger partial charge < -0.3 is 9.64 Å². The molecule has 21 heavy (non-hydrogen) atoms. The summed E-state index contributed by atoms with van der Waals surface area (Å²) in [6.45, 7) is 4.02. The molecule has 1 amide bonds. The van der Waals surface area contributed by atoms with Crippen molar-refractivity contribution in [2.24, 2.45) is 5.92 Å². The molecule has 0 spiro atoms. The summed E-state index contributed by atoms with van der Waals surface area (Å²) in [4.78, 5) is 30.5. The average Bonchev–Trinajstić information content (AvgIpc) is 2.98. The van der Waals surface area contributed by atoms with Gasteiger partial charge in [-0.05, 0) is 6.92 Å². The molecule has 114 valence electrons. The number of nitrogens with zero attached hydrogens (tertiary/aromatic N) is 3. The number of amides is 1. The van der Waals surface area contributed by atoms with Gasteiger partial charge in [-0.25, -0.2) is 4.98 Å². The highest BCUT2D eigenvalue weighted by Crippen LogP contribution is 2.17. The second-order valence-corrected chi connectivity index (χ2v) is 5.97. The Labute approximate surface area is 127 Å². The maximum Gasteiger partial charge on any atom is 0.310 e. The van der Waals surface area contributed by atoms with Crippen LogP contribution < -0.4 is 0 Å². The lowest BCUT2D eigenvalue weighted by Gasteiger charge is -2.20. The van der Waals surface area contributed by atoms with Crippen LogP contribution in [0.3, 0.4) is 0 Å². The molecular formula is C14H19N3O3S. The fourth-order valence-electron chi connectivity index (χ4n) is 2.15. The minimum absolute atomic E-state index is 0.0307. The van der Waals surface area contributed by atoms with Crippen LogP contribution in [0.5, 0.6) is 0 Å². The molecule has 0 N–H and O–H groups in total. The van der Waals surface area contributed by atoms with Gasteiger partial charge in [0.1, 0.15) is 0 Å². The summed E-state index contributed by atoms with van der Waals surface area (Å²) in [6.07, 6.45) is 2.21. The molecule has 0 aliphatic carbocycles. The van der Waals surface area contributed by atoms with E-state index >= 15 is 0 Å². The first-order chi connectivity index (χ1) is 9.92. The SMILES string of the molecule is COC(=O)C(C)CN(C)C(=O)Cc1csc2nc(C)cn12. The van der Waals surface area contributed by atoms with Crippen molar-refractivity contribution in [1.82, 2.24) is 14.3 Å². The Morgan fingerprint density at radius 1 is 1.52 bits per heavy atom. The predicted octanol–water partition coefficient (Wildman–Crippen LogP) is 1.51. The predicted molar refractivity (Wildman–Crippen MR) is 80.3 cm³/mol. The zero-order chi connectivity index (χ0) is 15.6. The van der Waals surface area contributed by atoms with Crippen molar-refractivity contribution in [2.45, 2.75) is 20.3 Å². The van der Waals surface area contributed by atoms with Crippen LogP contribution in [0, 0.1) is 12.8 Å². The number of thiazole rings is 1. The molecule has 0 radical (unpaired) electrons. The van der Waals surface area contributed by atoms with Crippen LogP contribution in [-0.2, 0) is 20.7 Å². The number of aromatic nitrogens is 2. The highest BCUT2D eigenvalue weighted by Gasteiger charge is 2.20. The number of carbonyl (C=O) groups excluding carboxylic acids is 2. The van der Waals surface area contributed by atoms with Crippen molar-refractivity contribution in [2.75, 3.05) is 20.7 Å². The van der Waals surface area contributed by atoms with Crippen LogP contribution in [0.15, 0.2) is 11.6 Å². The van der Waals surface area contributed by atoms with Crippen molar-refractivity contribution in [3.8, 4) is 0 Å². The number of hydrogen-bond donors (Lipinski definition) is 0. The minimum Gasteiger partial charge on any atom is -0.469 e. The van der Waals surface area contributed by atoms with Crippen LogP contribution >= 0.6 is 11.3 Å². The second kappa shape index (κ2) is 6.26. The number of fused-ring (bicyclic) bond motifs is 1. The fourth-order valence-corrected chi connectivity index (χ4v) is 3.07. The zero-order valence-corrected chi connectivity index (χ0v) is 13.4. The van der Waals surface area contributed by atoms with E-state index in [9.17, 15) is 9.59 Å². The molecule has 1 atom stereocenters. The number of imidazole rings is 1. The van der Waals surface area contributed by atoms with Crippen LogP contribution in [-0.4, -0.2) is 46.9 Å². The van der Waals surface area contributed by atoms with Gasteiger partial charge >= 0.3 is 5.97 Å². The van der Waals surface area contributed by atoms with E-state index < -0.39 is 0 Å². The van der Waals surface area contributed by atoms with Gasteiger partial charge in [0.2, 0.25) is 5.91 Å². The van der Waals surface area contributed by atoms with E-state index in [0.29, 0.717) is 13.0 Å². The molecule has 2 aromatic rings. The molecule has 2 heterocycles. The summed E-state index contributed by atoms with van der Waals surface area (Å²) in [7, 11) is 3.05. The highest BCUT2D eigenvalue weighted by atomic mass is 32.1. The lowest BCUT2D eigenvalue weighted by Crippen LogP contribution is -2.35. The van der Waals surface area contributed by atoms with E-state index in [4.69, 9.17) is 0 Å². The maximum atomic E-state index is 12.3. The summed E-state index contributed by atoms with van der Waals surface area (Å²) in [5, 5.41) is 1.94. The lowest BCUT2D eigenvalue weighted by molar-refractivity contribution is -0.146. The van der Waals surface area contributed by atoms with Gasteiger partial charge in [0.25, 0.3) is 0 Å². The molecule has 7 heteroatoms. The first-order valence-electron chi connectivity index (χ1n) is 6.66. The van der Waals surface area contributed by atoms with Crippen LogP contribution in [0.2, 0.25) is 0 Å². The van der Waals surface area contributed by atoms with Crippen molar-refractivity contribution in [3.63, 3.8) is 0 Å². The molecule has 0 saturated heterocycles. The molecule has 0 aliphatic rings. The summed E-state index contributed by atoms with van der Waals surface area (Å²) < 4.78 is 6.61. The maximum absolute atomic E-state index is 12.3. The molecule has 0 aliphatic heterocycles. The fraction of sp³-hybridized carbons (Fsp3) is 0.500. The number of aryl methyl sites for hydroxylation is 1. The molecule has 1 unspecified atom stereocenters. The average molecular weight is 309 g/mol. The number of esters is 1. The number of carbonyl (C=O) groups is 2. The van der Waals surface area contributed by atoms with Gasteiger partial charge in [0, 0.05) is 30.9 Å². The third-order valence-electron chi connectivity index (χ3n) is 3.31. The number of likely N-dealkylation sites (N-methyl/N-ethyl adjacent to an activating group) is 1. The molecule has 0 aromatic carbocycles. The van der Waals surface area contributed by atoms with E-state index in [1.54, 1.807) is 18.9 Å². The molecular weight excluding hydrogens is 290 g/mol. The van der Waals surface area contributed by atoms with Gasteiger partial charge in [-0.3, -0.25) is 14.0 Å². The summed E-state index contributed by atoms with van der Waals surface area (Å²) in [5.41, 5.74) is 1.85. The Balaban J connectivity index is 2.02. The van der Waals surface area contributed by atoms with E-state index in [2.05, 4.69) is 9.72 Å². The van der Waals surface area contributed by atoms with Crippen molar-refractivity contribution >= 4 is 28.2 Å². The summed E-state index contributed by atoms with van der Waals surface area (Å²) in [5.74, 6) is -0.670. The third-order valence-corrected chi connectivity index (χ3v) is 4.20. The quantitative estimate of drug-likeness (QED) is 0.786. The number of rotatable bonds is 5. The molecule has 2 rings (SSSR count). The summed E-state index contributed by atoms with van der Waals surface area (Å²) in [6, 6.07) is 0. The molecule has 2 aromatic heterocycles. The van der Waals surface area contributed by atoms with Crippen molar-refractivity contribution in [3.05, 3.63) is 23.0 Å². The Bertz CT molecular complexity index is 662. The third kappa shape index (κ3) is 3.41. The van der Waals surface area contributed by atoms with Gasteiger partial charge in [0.15, 0.2) is 4.96 Å². The first-order valence-corrected chi connectivity index (χ1v) is 7.54. The largest absolute Gasteiger partial charge is 0.469 e. The highest BCUT2D eigenvalue weighted by molar-refractivity contribution is 7.15. The molecule has 0 saturated carbocycles. The van der Waals surface area contributed by atoms with Gasteiger partial charge in [0.05, 0.1) is 25.1 Å². The van der Waals surface area contributed by atoms with E-state index in [-0.39, 0.29) is 17.8 Å². The van der Waals surface area contributed by atoms with Crippen molar-refractivity contribution in [1.29, 1.82) is 0 Å². The Kier molecular flexibility index (Phi) is 4.62. The van der Waals surface area contributed by atoms with E-state index in [1.165, 1.54) is 18.4 Å². The standard InChI is InChI=1S/C14H19N3O3S/c1-9(13(19)20-4)6-16(3)12(18)5-11-8-21-14-15-10(2)7-17(11)14/h7-9H,5-6H2,1-4H3. The zero-order valence-electron chi connectivity index (χ0n) is 12.6. The number of ether oxygens (including phenoxy) is 1. The first kappa shape index (κ1) is 15.5. The van der Waals surface area contributed by atoms with Gasteiger partial charge in [-0.15, -0.1) is 11.3 Å². The molecule has 0 bridgehead atoms. The number of methoxy groups -OCH3 is 1. The van der Waals surface area contributed by atoms with Gasteiger partial charge in [-0.1, -0.05) is 6.92 Å². The Hall–Kier alpha value is -1.89. The Morgan fingerprint density at radius 2 is 2.24 bits per heavy atom. The van der Waals surface area contributed by atoms with E-state index in [1.807, 2.05) is 22.9 Å². The second-order valence-electron chi connectivity index (χ2n) is 5.14. The minimum atomic E-state index is -0.332. The lowest BCUT2D eigenvalue weighted by atomic mass is 10.1. The normalized spacial score (nSPS) is 12.4. The van der Waals surface area contributed by atoms with Crippen LogP contribution in [0.4, 0.5) is 0 Å². The smallest absolute Gasteiger partial charge is 0.310 e. The Morgan fingerprint density at radius 3 is 2.90 bits per heavy atom. The van der Waals surface area contributed by atoms with E-state index in [0.717, 1.165) is 16.3 Å².